The summed E-state index contributed by atoms with van der Waals surface area (Å²) in [5, 5.41) is 3.85. The first kappa shape index (κ1) is 23.6. The zero-order chi connectivity index (χ0) is 25.7. The van der Waals surface area contributed by atoms with Crippen molar-refractivity contribution in [1.29, 1.82) is 0 Å². The fourth-order valence-corrected chi connectivity index (χ4v) is 5.25. The number of guanidine groups is 1. The summed E-state index contributed by atoms with van der Waals surface area (Å²) in [4.78, 5) is 34.8. The molecule has 3 aliphatic rings. The number of para-hydroxylation sites is 1. The molecule has 0 radical (unpaired) electrons. The number of aromatic nitrogens is 2. The Kier molecular flexibility index (Phi) is 5.92. The maximum atomic E-state index is 14.8. The second kappa shape index (κ2) is 9.28. The molecule has 0 spiro atoms. The van der Waals surface area contributed by atoms with Gasteiger partial charge < -0.3 is 15.1 Å². The third-order valence-corrected chi connectivity index (χ3v) is 7.24. The first-order valence-corrected chi connectivity index (χ1v) is 12.6. The molecule has 3 aliphatic heterocycles. The number of anilines is 5. The summed E-state index contributed by atoms with van der Waals surface area (Å²) in [6, 6.07) is 10.5. The molecule has 6 rings (SSSR count). The van der Waals surface area contributed by atoms with Crippen LogP contribution in [-0.2, 0) is 0 Å². The molecule has 1 saturated heterocycles. The molecule has 0 aliphatic carbocycles. The number of amides is 1. The van der Waals surface area contributed by atoms with Gasteiger partial charge in [-0.25, -0.2) is 14.3 Å². The number of likely N-dealkylation sites (N-methyl/N-ethyl adjacent to an activating group) is 1. The summed E-state index contributed by atoms with van der Waals surface area (Å²) in [5.74, 6) is 0.254. The SMILES string of the molecule is Cc1cccc(F)c1N1C(=O)c2cnc(Nc3ccc(N4CCN(C)CC4)c(Cl)c3)nc2N2CCN=C21. The lowest BCUT2D eigenvalue weighted by atomic mass is 10.1. The Bertz CT molecular complexity index is 1400. The average Bonchev–Trinajstić information content (AvgIpc) is 3.36. The molecule has 1 amide bonds. The van der Waals surface area contributed by atoms with Gasteiger partial charge >= 0.3 is 0 Å². The molecule has 11 heteroatoms. The van der Waals surface area contributed by atoms with Gasteiger partial charge in [-0.3, -0.25) is 14.7 Å². The Hall–Kier alpha value is -3.76. The number of rotatable bonds is 4. The minimum absolute atomic E-state index is 0.195. The molecular weight excluding hydrogens is 495 g/mol. The van der Waals surface area contributed by atoms with Crippen LogP contribution in [0.1, 0.15) is 15.9 Å². The number of nitrogens with one attached hydrogen (secondary N) is 1. The minimum Gasteiger partial charge on any atom is -0.368 e. The Morgan fingerprint density at radius 1 is 1.08 bits per heavy atom. The van der Waals surface area contributed by atoms with Crippen molar-refractivity contribution in [2.24, 2.45) is 4.99 Å². The van der Waals surface area contributed by atoms with Gasteiger partial charge in [0.1, 0.15) is 11.4 Å². The highest BCUT2D eigenvalue weighted by atomic mass is 35.5. The number of hydrogen-bond acceptors (Lipinski definition) is 8. The summed E-state index contributed by atoms with van der Waals surface area (Å²) in [6.07, 6.45) is 1.48. The van der Waals surface area contributed by atoms with E-state index in [1.165, 1.54) is 17.2 Å². The molecule has 0 bridgehead atoms. The number of carbonyl (C=O) groups excluding carboxylic acids is 1. The van der Waals surface area contributed by atoms with E-state index in [4.69, 9.17) is 11.6 Å². The van der Waals surface area contributed by atoms with Crippen molar-refractivity contribution < 1.29 is 9.18 Å². The van der Waals surface area contributed by atoms with E-state index in [0.29, 0.717) is 41.4 Å². The van der Waals surface area contributed by atoms with E-state index in [0.717, 1.165) is 37.6 Å². The largest absolute Gasteiger partial charge is 0.368 e. The number of nitrogens with zero attached hydrogens (tertiary/aromatic N) is 7. The van der Waals surface area contributed by atoms with Gasteiger partial charge in [0.05, 0.1) is 22.9 Å². The summed E-state index contributed by atoms with van der Waals surface area (Å²) < 4.78 is 14.8. The lowest BCUT2D eigenvalue weighted by molar-refractivity contribution is 0.0999. The highest BCUT2D eigenvalue weighted by Crippen LogP contribution is 2.36. The highest BCUT2D eigenvalue weighted by Gasteiger charge is 2.41. The van der Waals surface area contributed by atoms with Gasteiger partial charge in [-0.1, -0.05) is 23.7 Å². The van der Waals surface area contributed by atoms with Crippen molar-refractivity contribution in [3.8, 4) is 0 Å². The van der Waals surface area contributed by atoms with E-state index >= 15 is 0 Å². The number of aliphatic imine (C=N–C) groups is 1. The van der Waals surface area contributed by atoms with Crippen LogP contribution in [0.3, 0.4) is 0 Å². The summed E-state index contributed by atoms with van der Waals surface area (Å²) in [5.41, 5.74) is 2.86. The first-order valence-electron chi connectivity index (χ1n) is 12.2. The zero-order valence-corrected chi connectivity index (χ0v) is 21.3. The van der Waals surface area contributed by atoms with Crippen LogP contribution in [0.5, 0.6) is 0 Å². The fraction of sp³-hybridized carbons (Fsp3) is 0.308. The monoisotopic (exact) mass is 520 g/mol. The van der Waals surface area contributed by atoms with Crippen molar-refractivity contribution in [3.63, 3.8) is 0 Å². The minimum atomic E-state index is -0.484. The van der Waals surface area contributed by atoms with Gasteiger partial charge in [0.25, 0.3) is 5.91 Å². The van der Waals surface area contributed by atoms with E-state index in [-0.39, 0.29) is 11.3 Å². The number of hydrogen-bond donors (Lipinski definition) is 1. The first-order chi connectivity index (χ1) is 17.9. The summed E-state index contributed by atoms with van der Waals surface area (Å²) in [6.45, 7) is 6.61. The summed E-state index contributed by atoms with van der Waals surface area (Å²) >= 11 is 6.63. The molecule has 4 heterocycles. The van der Waals surface area contributed by atoms with E-state index < -0.39 is 11.7 Å². The Morgan fingerprint density at radius 2 is 1.89 bits per heavy atom. The topological polar surface area (TPSA) is 80.2 Å². The van der Waals surface area contributed by atoms with Crippen LogP contribution in [0, 0.1) is 12.7 Å². The maximum absolute atomic E-state index is 14.8. The molecule has 3 aromatic rings. The molecule has 37 heavy (non-hydrogen) atoms. The van der Waals surface area contributed by atoms with Gasteiger partial charge in [-0.15, -0.1) is 0 Å². The van der Waals surface area contributed by atoms with Crippen molar-refractivity contribution in [3.05, 3.63) is 64.6 Å². The molecular formula is C26H26ClFN8O. The van der Waals surface area contributed by atoms with Gasteiger partial charge in [-0.05, 0) is 43.8 Å². The number of benzene rings is 2. The normalized spacial score (nSPS) is 17.6. The van der Waals surface area contributed by atoms with Crippen molar-refractivity contribution in [2.75, 3.05) is 66.3 Å². The molecule has 1 fully saturated rings. The number of piperazine rings is 1. The smallest absolute Gasteiger partial charge is 0.270 e. The third kappa shape index (κ3) is 4.15. The lowest BCUT2D eigenvalue weighted by Crippen LogP contribution is -2.51. The van der Waals surface area contributed by atoms with Gasteiger partial charge in [0.15, 0.2) is 5.82 Å². The number of fused-ring (bicyclic) bond motifs is 3. The Labute approximate surface area is 219 Å². The third-order valence-electron chi connectivity index (χ3n) is 6.94. The van der Waals surface area contributed by atoms with Crippen molar-refractivity contribution >= 4 is 52.3 Å². The highest BCUT2D eigenvalue weighted by molar-refractivity contribution is 6.33. The van der Waals surface area contributed by atoms with Crippen LogP contribution in [0.25, 0.3) is 0 Å². The lowest BCUT2D eigenvalue weighted by Gasteiger charge is -2.35. The zero-order valence-electron chi connectivity index (χ0n) is 20.6. The van der Waals surface area contributed by atoms with Crippen LogP contribution in [-0.4, -0.2) is 73.1 Å². The number of carbonyl (C=O) groups is 1. The van der Waals surface area contributed by atoms with Gasteiger partial charge in [0, 0.05) is 44.6 Å². The maximum Gasteiger partial charge on any atom is 0.270 e. The number of halogens is 2. The molecule has 1 N–H and O–H groups in total. The molecule has 1 aromatic heterocycles. The quantitative estimate of drug-likeness (QED) is 0.558. The predicted octanol–water partition coefficient (Wildman–Crippen LogP) is 3.91. The molecule has 9 nitrogen and oxygen atoms in total. The van der Waals surface area contributed by atoms with Gasteiger partial charge in [-0.2, -0.15) is 4.98 Å². The van der Waals surface area contributed by atoms with E-state index in [1.54, 1.807) is 19.1 Å². The number of aryl methyl sites for hydroxylation is 1. The predicted molar refractivity (Wildman–Crippen MR) is 144 cm³/mol. The second-order valence-corrected chi connectivity index (χ2v) is 9.80. The van der Waals surface area contributed by atoms with E-state index in [9.17, 15) is 9.18 Å². The average molecular weight is 521 g/mol. The van der Waals surface area contributed by atoms with Crippen LogP contribution in [0.15, 0.2) is 47.6 Å². The second-order valence-electron chi connectivity index (χ2n) is 9.39. The fourth-order valence-electron chi connectivity index (χ4n) is 4.95. The molecule has 190 valence electrons. The van der Waals surface area contributed by atoms with Crippen LogP contribution >= 0.6 is 11.6 Å². The van der Waals surface area contributed by atoms with Crippen LogP contribution < -0.4 is 20.0 Å². The van der Waals surface area contributed by atoms with E-state index in [1.807, 2.05) is 23.1 Å². The molecule has 0 saturated carbocycles. The van der Waals surface area contributed by atoms with Crippen LogP contribution in [0.2, 0.25) is 5.02 Å². The summed E-state index contributed by atoms with van der Waals surface area (Å²) in [7, 11) is 2.12. The van der Waals surface area contributed by atoms with E-state index in [2.05, 4.69) is 37.1 Å². The standard InChI is InChI=1S/C26H26ClFN8O/c1-16-4-3-5-20(28)22(16)36-24(37)18-15-30-25(32-23(18)35-9-8-29-26(35)36)31-17-6-7-21(19(27)14-17)34-12-10-33(2)11-13-34/h3-7,14-15H,8-13H2,1-2H3,(H,30,31,32). The Balaban J connectivity index is 1.29. The van der Waals surface area contributed by atoms with Crippen LogP contribution in [0.4, 0.5) is 33.2 Å². The Morgan fingerprint density at radius 3 is 2.65 bits per heavy atom. The molecule has 2 aromatic carbocycles. The molecule has 0 unspecified atom stereocenters. The van der Waals surface area contributed by atoms with Crippen molar-refractivity contribution in [2.45, 2.75) is 6.92 Å². The van der Waals surface area contributed by atoms with Gasteiger partial charge in [0.2, 0.25) is 11.9 Å². The molecule has 0 atom stereocenters. The van der Waals surface area contributed by atoms with Crippen molar-refractivity contribution in [1.82, 2.24) is 14.9 Å².